The molecule has 2 heterocycles. The summed E-state index contributed by atoms with van der Waals surface area (Å²) in [4.78, 5) is 39.5. The highest BCUT2D eigenvalue weighted by molar-refractivity contribution is 6.35. The Morgan fingerprint density at radius 1 is 1.14 bits per heavy atom. The van der Waals surface area contributed by atoms with Gasteiger partial charge in [0.05, 0.1) is 16.8 Å². The van der Waals surface area contributed by atoms with Crippen LogP contribution in [0.1, 0.15) is 56.4 Å². The van der Waals surface area contributed by atoms with Crippen LogP contribution in [0, 0.1) is 6.92 Å². The topological polar surface area (TPSA) is 78.5 Å². The van der Waals surface area contributed by atoms with Gasteiger partial charge in [0.1, 0.15) is 0 Å². The molecule has 1 fully saturated rings. The summed E-state index contributed by atoms with van der Waals surface area (Å²) in [6, 6.07) is 12.0. The Hall–Kier alpha value is -2.70. The number of nitrogens with zero attached hydrogens (tertiary/aromatic N) is 1. The van der Waals surface area contributed by atoms with Crippen molar-refractivity contribution in [3.8, 4) is 0 Å². The Labute approximate surface area is 176 Å². The first-order valence-electron chi connectivity index (χ1n) is 9.51. The zero-order valence-corrected chi connectivity index (χ0v) is 17.3. The van der Waals surface area contributed by atoms with Gasteiger partial charge in [0.25, 0.3) is 17.7 Å². The molecule has 2 aromatic rings. The Bertz CT molecular complexity index is 983. The zero-order chi connectivity index (χ0) is 19.9. The van der Waals surface area contributed by atoms with E-state index in [9.17, 15) is 14.4 Å². The van der Waals surface area contributed by atoms with Crippen molar-refractivity contribution in [2.24, 2.45) is 0 Å². The van der Waals surface area contributed by atoms with Gasteiger partial charge in [0.2, 0.25) is 0 Å². The summed E-state index contributed by atoms with van der Waals surface area (Å²) >= 11 is 0. The molecule has 2 N–H and O–H groups in total. The van der Waals surface area contributed by atoms with Crippen molar-refractivity contribution in [2.45, 2.75) is 32.2 Å². The number of nitrogens with one attached hydrogen (secondary N) is 2. The third-order valence-electron chi connectivity index (χ3n) is 5.60. The number of para-hydroxylation sites is 1. The highest BCUT2D eigenvalue weighted by Gasteiger charge is 2.38. The number of carbonyl (C=O) groups is 3. The predicted octanol–water partition coefficient (Wildman–Crippen LogP) is 3.09. The molecule has 0 saturated carbocycles. The van der Waals surface area contributed by atoms with Crippen molar-refractivity contribution in [1.29, 1.82) is 0 Å². The van der Waals surface area contributed by atoms with Crippen LogP contribution in [0.25, 0.3) is 0 Å². The molecule has 4 rings (SSSR count). The lowest BCUT2D eigenvalue weighted by Gasteiger charge is -2.24. The van der Waals surface area contributed by atoms with E-state index >= 15 is 0 Å². The minimum absolute atomic E-state index is 0. The predicted molar refractivity (Wildman–Crippen MR) is 114 cm³/mol. The largest absolute Gasteiger partial charge is 0.350 e. The molecule has 2 aliphatic heterocycles. The van der Waals surface area contributed by atoms with E-state index in [0.29, 0.717) is 23.4 Å². The monoisotopic (exact) mass is 413 g/mol. The van der Waals surface area contributed by atoms with Crippen LogP contribution in [0.3, 0.4) is 0 Å². The molecule has 2 aliphatic rings. The molecule has 152 valence electrons. The summed E-state index contributed by atoms with van der Waals surface area (Å²) in [6.07, 6.45) is 2.10. The average molecular weight is 414 g/mol. The van der Waals surface area contributed by atoms with E-state index in [4.69, 9.17) is 0 Å². The lowest BCUT2D eigenvalue weighted by molar-refractivity contribution is 0.0922. The van der Waals surface area contributed by atoms with Crippen LogP contribution in [0.4, 0.5) is 5.69 Å². The van der Waals surface area contributed by atoms with E-state index in [2.05, 4.69) is 17.6 Å². The molecule has 0 aliphatic carbocycles. The number of amides is 3. The quantitative estimate of drug-likeness (QED) is 0.755. The van der Waals surface area contributed by atoms with Gasteiger partial charge in [-0.15, -0.1) is 12.4 Å². The second-order valence-electron chi connectivity index (χ2n) is 7.77. The van der Waals surface area contributed by atoms with E-state index < -0.39 is 5.91 Å². The van der Waals surface area contributed by atoms with Gasteiger partial charge in [-0.1, -0.05) is 18.2 Å². The summed E-state index contributed by atoms with van der Waals surface area (Å²) < 4.78 is 0. The average Bonchev–Trinajstić information content (AvgIpc) is 3.23. The van der Waals surface area contributed by atoms with Gasteiger partial charge in [-0.05, 0) is 63.1 Å². The molecule has 2 aromatic carbocycles. The van der Waals surface area contributed by atoms with Crippen molar-refractivity contribution < 1.29 is 14.4 Å². The fourth-order valence-corrected chi connectivity index (χ4v) is 3.90. The number of halogens is 1. The number of benzene rings is 2. The highest BCUT2D eigenvalue weighted by Crippen LogP contribution is 2.31. The number of rotatable bonds is 4. The number of imide groups is 1. The van der Waals surface area contributed by atoms with Crippen molar-refractivity contribution in [1.82, 2.24) is 10.6 Å². The van der Waals surface area contributed by atoms with E-state index in [-0.39, 0.29) is 35.3 Å². The number of hydrogen-bond donors (Lipinski definition) is 2. The first kappa shape index (κ1) is 21.0. The fraction of sp³-hybridized carbons (Fsp3) is 0.318. The SMILES string of the molecule is Cc1ccccc1N1C(=O)c2ccc(C(=O)NC[C@]3(C)CCCN3)cc2C1=O.Cl. The molecule has 1 atom stereocenters. The zero-order valence-electron chi connectivity index (χ0n) is 16.5. The van der Waals surface area contributed by atoms with Gasteiger partial charge >= 0.3 is 0 Å². The molecule has 7 heteroatoms. The minimum Gasteiger partial charge on any atom is -0.350 e. The third kappa shape index (κ3) is 3.78. The first-order valence-corrected chi connectivity index (χ1v) is 9.51. The van der Waals surface area contributed by atoms with E-state index in [1.807, 2.05) is 19.1 Å². The highest BCUT2D eigenvalue weighted by atomic mass is 35.5. The lowest BCUT2D eigenvalue weighted by atomic mass is 10.00. The van der Waals surface area contributed by atoms with Crippen LogP contribution in [0.15, 0.2) is 42.5 Å². The summed E-state index contributed by atoms with van der Waals surface area (Å²) in [7, 11) is 0. The minimum atomic E-state index is -0.395. The Morgan fingerprint density at radius 2 is 1.86 bits per heavy atom. The van der Waals surface area contributed by atoms with Crippen LogP contribution < -0.4 is 15.5 Å². The first-order chi connectivity index (χ1) is 13.4. The van der Waals surface area contributed by atoms with Crippen molar-refractivity contribution in [3.05, 3.63) is 64.7 Å². The Balaban J connectivity index is 0.00000240. The molecule has 0 bridgehead atoms. The Kier molecular flexibility index (Phi) is 5.78. The standard InChI is InChI=1S/C22H23N3O3.ClH/c1-14-6-3-4-7-18(14)25-20(27)16-9-8-15(12-17(16)21(25)28)19(26)23-13-22(2)10-5-11-24-22;/h3-4,6-9,12,24H,5,10-11,13H2,1-2H3,(H,23,26);1H/t22-;/m0./s1. The molecular formula is C22H24ClN3O3. The van der Waals surface area contributed by atoms with E-state index in [1.54, 1.807) is 24.3 Å². The van der Waals surface area contributed by atoms with Crippen LogP contribution in [-0.4, -0.2) is 36.3 Å². The van der Waals surface area contributed by atoms with Crippen LogP contribution in [-0.2, 0) is 0 Å². The summed E-state index contributed by atoms with van der Waals surface area (Å²) in [5.74, 6) is -0.996. The molecule has 29 heavy (non-hydrogen) atoms. The molecule has 3 amide bonds. The van der Waals surface area contributed by atoms with Crippen molar-refractivity contribution in [2.75, 3.05) is 18.0 Å². The summed E-state index contributed by atoms with van der Waals surface area (Å²) in [6.45, 7) is 5.42. The van der Waals surface area contributed by atoms with Gasteiger partial charge in [-0.3, -0.25) is 14.4 Å². The van der Waals surface area contributed by atoms with Gasteiger partial charge in [-0.25, -0.2) is 4.90 Å². The maximum atomic E-state index is 12.9. The maximum Gasteiger partial charge on any atom is 0.266 e. The third-order valence-corrected chi connectivity index (χ3v) is 5.60. The van der Waals surface area contributed by atoms with Crippen LogP contribution in [0.5, 0.6) is 0 Å². The number of aryl methyl sites for hydroxylation is 1. The second-order valence-corrected chi connectivity index (χ2v) is 7.77. The van der Waals surface area contributed by atoms with Crippen LogP contribution >= 0.6 is 12.4 Å². The molecule has 1 saturated heterocycles. The normalized spacial score (nSPS) is 20.4. The maximum absolute atomic E-state index is 12.9. The molecule has 0 spiro atoms. The van der Waals surface area contributed by atoms with Crippen molar-refractivity contribution in [3.63, 3.8) is 0 Å². The fourth-order valence-electron chi connectivity index (χ4n) is 3.90. The number of hydrogen-bond acceptors (Lipinski definition) is 4. The van der Waals surface area contributed by atoms with E-state index in [0.717, 1.165) is 24.9 Å². The molecule has 0 aromatic heterocycles. The molecule has 0 unspecified atom stereocenters. The van der Waals surface area contributed by atoms with Gasteiger partial charge in [0, 0.05) is 17.6 Å². The molecular weight excluding hydrogens is 390 g/mol. The van der Waals surface area contributed by atoms with Crippen LogP contribution in [0.2, 0.25) is 0 Å². The molecule has 0 radical (unpaired) electrons. The van der Waals surface area contributed by atoms with Gasteiger partial charge < -0.3 is 10.6 Å². The Morgan fingerprint density at radius 3 is 2.55 bits per heavy atom. The number of anilines is 1. The van der Waals surface area contributed by atoms with Gasteiger partial charge in [-0.2, -0.15) is 0 Å². The molecule has 6 nitrogen and oxygen atoms in total. The summed E-state index contributed by atoms with van der Waals surface area (Å²) in [5, 5.41) is 6.34. The smallest absolute Gasteiger partial charge is 0.266 e. The summed E-state index contributed by atoms with van der Waals surface area (Å²) in [5.41, 5.74) is 2.29. The van der Waals surface area contributed by atoms with Crippen molar-refractivity contribution >= 4 is 35.8 Å². The van der Waals surface area contributed by atoms with E-state index in [1.165, 1.54) is 11.0 Å². The number of carbonyl (C=O) groups excluding carboxylic acids is 3. The van der Waals surface area contributed by atoms with Gasteiger partial charge in [0.15, 0.2) is 0 Å². The second kappa shape index (κ2) is 7.97. The number of fused-ring (bicyclic) bond motifs is 1. The lowest BCUT2D eigenvalue weighted by Crippen LogP contribution is -2.47.